The quantitative estimate of drug-likeness (QED) is 0.797. The molecule has 1 unspecified atom stereocenters. The molecule has 0 fully saturated rings. The second-order valence-corrected chi connectivity index (χ2v) is 6.35. The Labute approximate surface area is 121 Å². The number of ether oxygens (including phenoxy) is 1. The number of nitrogens with zero attached hydrogens (tertiary/aromatic N) is 1. The van der Waals surface area contributed by atoms with Crippen LogP contribution in [-0.2, 0) is 11.3 Å². The second-order valence-electron chi connectivity index (χ2n) is 4.22. The van der Waals surface area contributed by atoms with Crippen molar-refractivity contribution in [1.82, 2.24) is 4.98 Å². The summed E-state index contributed by atoms with van der Waals surface area (Å²) in [5.74, 6) is 0.613. The summed E-state index contributed by atoms with van der Waals surface area (Å²) in [6.07, 6.45) is -0.460. The number of benzene rings is 1. The van der Waals surface area contributed by atoms with Gasteiger partial charge < -0.3 is 9.84 Å². The van der Waals surface area contributed by atoms with Gasteiger partial charge in [-0.2, -0.15) is 0 Å². The molecule has 0 amide bonds. The minimum absolute atomic E-state index is 0.353. The van der Waals surface area contributed by atoms with Gasteiger partial charge in [0.05, 0.1) is 19.3 Å². The van der Waals surface area contributed by atoms with E-state index in [-0.39, 0.29) is 0 Å². The highest BCUT2D eigenvalue weighted by Gasteiger charge is 2.07. The van der Waals surface area contributed by atoms with Gasteiger partial charge >= 0.3 is 0 Å². The van der Waals surface area contributed by atoms with Crippen LogP contribution < -0.4 is 0 Å². The Morgan fingerprint density at radius 1 is 1.37 bits per heavy atom. The highest BCUT2D eigenvalue weighted by atomic mass is 32.2. The van der Waals surface area contributed by atoms with Crippen LogP contribution in [-0.4, -0.2) is 28.6 Å². The number of aromatic nitrogens is 1. The van der Waals surface area contributed by atoms with E-state index in [0.717, 1.165) is 15.6 Å². The Bertz CT molecular complexity index is 487. The van der Waals surface area contributed by atoms with Crippen LogP contribution in [0.4, 0.5) is 0 Å². The lowest BCUT2D eigenvalue weighted by molar-refractivity contribution is 0.0398. The van der Waals surface area contributed by atoms with Crippen LogP contribution in [0.25, 0.3) is 0 Å². The third-order valence-electron chi connectivity index (χ3n) is 2.42. The predicted octanol–water partition coefficient (Wildman–Crippen LogP) is 3.12. The first-order valence-electron chi connectivity index (χ1n) is 6.08. The van der Waals surface area contributed by atoms with Crippen LogP contribution in [0.3, 0.4) is 0 Å². The predicted molar refractivity (Wildman–Crippen MR) is 79.7 cm³/mol. The first-order chi connectivity index (χ1) is 9.24. The molecule has 1 N–H and O–H groups in total. The lowest BCUT2D eigenvalue weighted by atomic mass is 10.2. The number of rotatable bonds is 7. The fraction of sp³-hybridized carbons (Fsp3) is 0.357. The molecule has 0 aliphatic rings. The molecule has 3 nitrogen and oxygen atoms in total. The van der Waals surface area contributed by atoms with E-state index in [0.29, 0.717) is 19.0 Å². The minimum atomic E-state index is -0.460. The van der Waals surface area contributed by atoms with Crippen molar-refractivity contribution in [2.75, 3.05) is 12.4 Å². The average molecular weight is 295 g/mol. The molecule has 2 rings (SSSR count). The SMILES string of the molecule is Cc1csc(SCC(O)COCc2ccccc2)n1. The molecule has 0 saturated carbocycles. The van der Waals surface area contributed by atoms with Gasteiger partial charge in [-0.25, -0.2) is 4.98 Å². The third-order valence-corrected chi connectivity index (χ3v) is 4.70. The van der Waals surface area contributed by atoms with Crippen LogP contribution in [0.15, 0.2) is 40.1 Å². The van der Waals surface area contributed by atoms with E-state index in [1.165, 1.54) is 0 Å². The Kier molecular flexibility index (Phi) is 5.85. The highest BCUT2D eigenvalue weighted by molar-refractivity contribution is 8.01. The maximum absolute atomic E-state index is 9.83. The van der Waals surface area contributed by atoms with Gasteiger partial charge in [-0.1, -0.05) is 42.1 Å². The summed E-state index contributed by atoms with van der Waals surface area (Å²) in [6, 6.07) is 9.97. The number of hydrogen-bond donors (Lipinski definition) is 1. The lowest BCUT2D eigenvalue weighted by Gasteiger charge is -2.10. The zero-order valence-corrected chi connectivity index (χ0v) is 12.4. The first kappa shape index (κ1) is 14.5. The van der Waals surface area contributed by atoms with Crippen molar-refractivity contribution in [3.05, 3.63) is 47.0 Å². The molecule has 19 heavy (non-hydrogen) atoms. The Morgan fingerprint density at radius 3 is 2.84 bits per heavy atom. The van der Waals surface area contributed by atoms with E-state index >= 15 is 0 Å². The molecule has 0 spiro atoms. The zero-order chi connectivity index (χ0) is 13.5. The molecule has 0 aliphatic heterocycles. The number of aryl methyl sites for hydroxylation is 1. The van der Waals surface area contributed by atoms with Crippen LogP contribution in [0.5, 0.6) is 0 Å². The number of thioether (sulfide) groups is 1. The molecule has 102 valence electrons. The standard InChI is InChI=1S/C14H17NO2S2/c1-11-9-18-14(15-11)19-10-13(16)8-17-7-12-5-3-2-4-6-12/h2-6,9,13,16H,7-8,10H2,1H3. The van der Waals surface area contributed by atoms with Gasteiger partial charge in [0.1, 0.15) is 4.34 Å². The molecule has 0 radical (unpaired) electrons. The maximum atomic E-state index is 9.83. The van der Waals surface area contributed by atoms with Crippen LogP contribution in [0.2, 0.25) is 0 Å². The number of hydrogen-bond acceptors (Lipinski definition) is 5. The fourth-order valence-electron chi connectivity index (χ4n) is 1.50. The van der Waals surface area contributed by atoms with Crippen molar-refractivity contribution in [2.45, 2.75) is 24.0 Å². The van der Waals surface area contributed by atoms with Crippen molar-refractivity contribution in [3.63, 3.8) is 0 Å². The summed E-state index contributed by atoms with van der Waals surface area (Å²) >= 11 is 3.19. The van der Waals surface area contributed by atoms with Crippen molar-refractivity contribution < 1.29 is 9.84 Å². The molecule has 0 saturated heterocycles. The molecular formula is C14H17NO2S2. The van der Waals surface area contributed by atoms with Crippen molar-refractivity contribution >= 4 is 23.1 Å². The molecule has 1 atom stereocenters. The average Bonchev–Trinajstić information content (AvgIpc) is 2.83. The number of aliphatic hydroxyl groups is 1. The Hall–Kier alpha value is -0.880. The Morgan fingerprint density at radius 2 is 2.16 bits per heavy atom. The highest BCUT2D eigenvalue weighted by Crippen LogP contribution is 2.22. The van der Waals surface area contributed by atoms with Gasteiger partial charge in [-0.15, -0.1) is 11.3 Å². The zero-order valence-electron chi connectivity index (χ0n) is 10.8. The summed E-state index contributed by atoms with van der Waals surface area (Å²) in [4.78, 5) is 4.34. The van der Waals surface area contributed by atoms with Gasteiger partial charge in [0.15, 0.2) is 0 Å². The summed E-state index contributed by atoms with van der Waals surface area (Å²) < 4.78 is 6.49. The summed E-state index contributed by atoms with van der Waals surface area (Å²) in [6.45, 7) is 2.87. The van der Waals surface area contributed by atoms with Crippen molar-refractivity contribution in [3.8, 4) is 0 Å². The van der Waals surface area contributed by atoms with Crippen LogP contribution >= 0.6 is 23.1 Å². The van der Waals surface area contributed by atoms with Crippen molar-refractivity contribution in [1.29, 1.82) is 0 Å². The minimum Gasteiger partial charge on any atom is -0.390 e. The van der Waals surface area contributed by atoms with E-state index in [1.807, 2.05) is 42.6 Å². The van der Waals surface area contributed by atoms with Crippen LogP contribution in [0.1, 0.15) is 11.3 Å². The molecule has 1 aromatic carbocycles. The monoisotopic (exact) mass is 295 g/mol. The van der Waals surface area contributed by atoms with Gasteiger partial charge in [-0.3, -0.25) is 0 Å². The van der Waals surface area contributed by atoms with E-state index in [9.17, 15) is 5.11 Å². The molecule has 0 bridgehead atoms. The van der Waals surface area contributed by atoms with Gasteiger partial charge in [-0.05, 0) is 12.5 Å². The summed E-state index contributed by atoms with van der Waals surface area (Å²) in [5.41, 5.74) is 2.15. The number of thiazole rings is 1. The lowest BCUT2D eigenvalue weighted by Crippen LogP contribution is -2.17. The summed E-state index contributed by atoms with van der Waals surface area (Å²) in [5, 5.41) is 11.8. The maximum Gasteiger partial charge on any atom is 0.150 e. The van der Waals surface area contributed by atoms with Crippen molar-refractivity contribution in [2.24, 2.45) is 0 Å². The smallest absolute Gasteiger partial charge is 0.150 e. The normalized spacial score (nSPS) is 12.5. The summed E-state index contributed by atoms with van der Waals surface area (Å²) in [7, 11) is 0. The first-order valence-corrected chi connectivity index (χ1v) is 7.95. The second kappa shape index (κ2) is 7.65. The molecule has 1 heterocycles. The van der Waals surface area contributed by atoms with Gasteiger partial charge in [0.2, 0.25) is 0 Å². The van der Waals surface area contributed by atoms with Gasteiger partial charge in [0.25, 0.3) is 0 Å². The number of aliphatic hydroxyl groups excluding tert-OH is 1. The van der Waals surface area contributed by atoms with E-state index in [4.69, 9.17) is 4.74 Å². The molecule has 0 aliphatic carbocycles. The molecular weight excluding hydrogens is 278 g/mol. The fourth-order valence-corrected chi connectivity index (χ4v) is 3.28. The van der Waals surface area contributed by atoms with E-state index < -0.39 is 6.10 Å². The van der Waals surface area contributed by atoms with Gasteiger partial charge in [0, 0.05) is 16.8 Å². The molecule has 2 aromatic rings. The van der Waals surface area contributed by atoms with E-state index in [2.05, 4.69) is 4.98 Å². The molecule has 1 aromatic heterocycles. The molecule has 5 heteroatoms. The van der Waals surface area contributed by atoms with E-state index in [1.54, 1.807) is 23.1 Å². The third kappa shape index (κ3) is 5.32. The largest absolute Gasteiger partial charge is 0.390 e. The topological polar surface area (TPSA) is 42.4 Å². The Balaban J connectivity index is 1.63. The van der Waals surface area contributed by atoms with Crippen LogP contribution in [0, 0.1) is 6.92 Å².